The van der Waals surface area contributed by atoms with Crippen LogP contribution in [-0.2, 0) is 10.0 Å². The molecule has 0 saturated carbocycles. The molecule has 1 fully saturated rings. The van der Waals surface area contributed by atoms with Gasteiger partial charge in [0.15, 0.2) is 0 Å². The van der Waals surface area contributed by atoms with E-state index in [0.29, 0.717) is 23.8 Å². The highest BCUT2D eigenvalue weighted by molar-refractivity contribution is 7.89. The molecule has 1 aliphatic rings. The summed E-state index contributed by atoms with van der Waals surface area (Å²) in [6.45, 7) is 5.88. The summed E-state index contributed by atoms with van der Waals surface area (Å²) in [6.07, 6.45) is 3.24. The van der Waals surface area contributed by atoms with Crippen molar-refractivity contribution in [2.24, 2.45) is 0 Å². The van der Waals surface area contributed by atoms with Crippen LogP contribution in [0.1, 0.15) is 41.5 Å². The van der Waals surface area contributed by atoms with E-state index < -0.39 is 10.0 Å². The first-order valence-corrected chi connectivity index (χ1v) is 11.0. The van der Waals surface area contributed by atoms with Crippen molar-refractivity contribution in [3.05, 3.63) is 59.2 Å². The number of hydrogen-bond donors (Lipinski definition) is 2. The molecule has 0 amide bonds. The highest BCUT2D eigenvalue weighted by Crippen LogP contribution is 2.37. The van der Waals surface area contributed by atoms with Crippen LogP contribution in [0.25, 0.3) is 0 Å². The lowest BCUT2D eigenvalue weighted by Crippen LogP contribution is -2.31. The maximum absolute atomic E-state index is 13.4. The van der Waals surface area contributed by atoms with Gasteiger partial charge in [-0.05, 0) is 57.4 Å². The van der Waals surface area contributed by atoms with Gasteiger partial charge in [-0.3, -0.25) is 5.10 Å². The Morgan fingerprint density at radius 3 is 2.72 bits per heavy atom. The molecular formula is C20H24N6O2S. The molecule has 2 N–H and O–H groups in total. The van der Waals surface area contributed by atoms with Crippen LogP contribution in [0, 0.1) is 20.8 Å². The van der Waals surface area contributed by atoms with Gasteiger partial charge in [0.05, 0.1) is 23.1 Å². The predicted octanol–water partition coefficient (Wildman–Crippen LogP) is 3.39. The molecule has 1 aliphatic heterocycles. The Balaban J connectivity index is 1.65. The number of hydrogen-bond acceptors (Lipinski definition) is 6. The van der Waals surface area contributed by atoms with Gasteiger partial charge >= 0.3 is 0 Å². The summed E-state index contributed by atoms with van der Waals surface area (Å²) in [7, 11) is -3.67. The molecule has 4 rings (SSSR count). The minimum absolute atomic E-state index is 0.266. The minimum atomic E-state index is -3.67. The second kappa shape index (κ2) is 7.57. The fraction of sp³-hybridized carbons (Fsp3) is 0.350. The van der Waals surface area contributed by atoms with E-state index in [2.05, 4.69) is 20.5 Å². The number of nitrogens with zero attached hydrogens (tertiary/aromatic N) is 4. The van der Waals surface area contributed by atoms with Crippen LogP contribution in [0.4, 0.5) is 11.6 Å². The molecule has 0 bridgehead atoms. The molecule has 1 saturated heterocycles. The van der Waals surface area contributed by atoms with Gasteiger partial charge in [-0.1, -0.05) is 12.1 Å². The number of aryl methyl sites for hydroxylation is 3. The van der Waals surface area contributed by atoms with Crippen molar-refractivity contribution in [3.63, 3.8) is 0 Å². The quantitative estimate of drug-likeness (QED) is 0.666. The molecule has 29 heavy (non-hydrogen) atoms. The van der Waals surface area contributed by atoms with Gasteiger partial charge in [0.25, 0.3) is 0 Å². The van der Waals surface area contributed by atoms with Gasteiger partial charge in [0.1, 0.15) is 16.5 Å². The average Bonchev–Trinajstić information content (AvgIpc) is 3.31. The number of pyridine rings is 2. The zero-order valence-corrected chi connectivity index (χ0v) is 17.5. The summed E-state index contributed by atoms with van der Waals surface area (Å²) in [6, 6.07) is 9.17. The van der Waals surface area contributed by atoms with Gasteiger partial charge in [-0.15, -0.1) is 0 Å². The van der Waals surface area contributed by atoms with Crippen LogP contribution in [0.15, 0.2) is 41.4 Å². The van der Waals surface area contributed by atoms with Crippen molar-refractivity contribution in [1.29, 1.82) is 0 Å². The first-order valence-electron chi connectivity index (χ1n) is 9.57. The van der Waals surface area contributed by atoms with E-state index in [1.807, 2.05) is 37.3 Å². The third-order valence-corrected chi connectivity index (χ3v) is 7.37. The molecule has 8 nitrogen and oxygen atoms in total. The van der Waals surface area contributed by atoms with E-state index in [-0.39, 0.29) is 10.9 Å². The van der Waals surface area contributed by atoms with Crippen LogP contribution >= 0.6 is 0 Å². The number of sulfonamides is 1. The van der Waals surface area contributed by atoms with Crippen molar-refractivity contribution >= 4 is 21.7 Å². The van der Waals surface area contributed by atoms with Crippen molar-refractivity contribution < 1.29 is 8.42 Å². The third-order valence-electron chi connectivity index (χ3n) is 5.20. The molecule has 3 aromatic rings. The Hall–Kier alpha value is -2.78. The van der Waals surface area contributed by atoms with Gasteiger partial charge in [-0.2, -0.15) is 9.40 Å². The normalized spacial score (nSPS) is 17.6. The summed E-state index contributed by atoms with van der Waals surface area (Å²) in [5, 5.41) is 10.1. The van der Waals surface area contributed by atoms with Gasteiger partial charge in [0.2, 0.25) is 10.0 Å². The van der Waals surface area contributed by atoms with Crippen LogP contribution in [-0.4, -0.2) is 39.4 Å². The number of anilines is 2. The van der Waals surface area contributed by atoms with Crippen molar-refractivity contribution in [3.8, 4) is 0 Å². The van der Waals surface area contributed by atoms with Crippen molar-refractivity contribution in [2.75, 3.05) is 11.9 Å². The summed E-state index contributed by atoms with van der Waals surface area (Å²) < 4.78 is 28.3. The summed E-state index contributed by atoms with van der Waals surface area (Å²) in [4.78, 5) is 9.31. The maximum atomic E-state index is 13.4. The number of nitrogens with one attached hydrogen (secondary N) is 2. The second-order valence-electron chi connectivity index (χ2n) is 7.28. The highest BCUT2D eigenvalue weighted by Gasteiger charge is 2.39. The highest BCUT2D eigenvalue weighted by atomic mass is 32.2. The first-order chi connectivity index (χ1) is 13.9. The van der Waals surface area contributed by atoms with Crippen LogP contribution in [0.3, 0.4) is 0 Å². The zero-order valence-electron chi connectivity index (χ0n) is 16.7. The minimum Gasteiger partial charge on any atom is -0.325 e. The molecule has 9 heteroatoms. The van der Waals surface area contributed by atoms with Gasteiger partial charge < -0.3 is 5.32 Å². The molecule has 152 valence electrons. The summed E-state index contributed by atoms with van der Waals surface area (Å²) >= 11 is 0. The maximum Gasteiger partial charge on any atom is 0.247 e. The Bertz CT molecular complexity index is 1120. The summed E-state index contributed by atoms with van der Waals surface area (Å²) in [5.41, 5.74) is 2.78. The Morgan fingerprint density at radius 1 is 1.17 bits per heavy atom. The molecule has 0 aromatic carbocycles. The Morgan fingerprint density at radius 2 is 2.00 bits per heavy atom. The molecular weight excluding hydrogens is 388 g/mol. The molecule has 1 atom stereocenters. The van der Waals surface area contributed by atoms with Crippen LogP contribution in [0.5, 0.6) is 0 Å². The van der Waals surface area contributed by atoms with Crippen molar-refractivity contribution in [2.45, 2.75) is 44.6 Å². The third kappa shape index (κ3) is 3.63. The SMILES string of the molecule is Cc1cccnc1Nc1cccc(C2CCCN2S(=O)(=O)c2c(C)n[nH]c2C)n1. The molecule has 0 radical (unpaired) electrons. The fourth-order valence-corrected chi connectivity index (χ4v) is 5.81. The molecule has 3 aromatic heterocycles. The topological polar surface area (TPSA) is 104 Å². The number of H-pyrrole nitrogens is 1. The smallest absolute Gasteiger partial charge is 0.247 e. The second-order valence-corrected chi connectivity index (χ2v) is 9.11. The van der Waals surface area contributed by atoms with Gasteiger partial charge in [-0.25, -0.2) is 18.4 Å². The van der Waals surface area contributed by atoms with E-state index >= 15 is 0 Å². The standard InChI is InChI=1S/C20H24N6O2S/c1-13-7-5-11-21-20(13)23-18-10-4-8-16(22-18)17-9-6-12-26(17)29(27,28)19-14(2)24-25-15(19)3/h4-5,7-8,10-11,17H,6,9,12H2,1-3H3,(H,24,25)(H,21,22,23). The van der Waals surface area contributed by atoms with Crippen LogP contribution < -0.4 is 5.32 Å². The lowest BCUT2D eigenvalue weighted by atomic mass is 10.1. The predicted molar refractivity (Wildman–Crippen MR) is 110 cm³/mol. The Labute approximate surface area is 170 Å². The van der Waals surface area contributed by atoms with E-state index in [1.54, 1.807) is 24.3 Å². The largest absolute Gasteiger partial charge is 0.325 e. The Kier molecular flexibility index (Phi) is 5.10. The monoisotopic (exact) mass is 412 g/mol. The van der Waals surface area contributed by atoms with Crippen LogP contribution in [0.2, 0.25) is 0 Å². The lowest BCUT2D eigenvalue weighted by Gasteiger charge is -2.24. The van der Waals surface area contributed by atoms with Gasteiger partial charge in [0, 0.05) is 12.7 Å². The van der Waals surface area contributed by atoms with E-state index in [9.17, 15) is 8.42 Å². The molecule has 4 heterocycles. The molecule has 1 unspecified atom stereocenters. The number of aromatic amines is 1. The fourth-order valence-electron chi connectivity index (χ4n) is 3.81. The number of rotatable bonds is 5. The van der Waals surface area contributed by atoms with E-state index in [1.165, 1.54) is 0 Å². The lowest BCUT2D eigenvalue weighted by molar-refractivity contribution is 0.390. The van der Waals surface area contributed by atoms with E-state index in [4.69, 9.17) is 4.98 Å². The number of aromatic nitrogens is 4. The summed E-state index contributed by atoms with van der Waals surface area (Å²) in [5.74, 6) is 1.38. The average molecular weight is 413 g/mol. The van der Waals surface area contributed by atoms with E-state index in [0.717, 1.165) is 29.9 Å². The zero-order chi connectivity index (χ0) is 20.6. The molecule has 0 aliphatic carbocycles. The van der Waals surface area contributed by atoms with Crippen molar-refractivity contribution in [1.82, 2.24) is 24.5 Å². The first kappa shape index (κ1) is 19.5. The molecule has 0 spiro atoms.